The van der Waals surface area contributed by atoms with Crippen molar-refractivity contribution in [3.8, 4) is 17.0 Å². The molecule has 0 atom stereocenters. The Bertz CT molecular complexity index is 691. The van der Waals surface area contributed by atoms with E-state index in [0.717, 1.165) is 27.1 Å². The first-order chi connectivity index (χ1) is 8.78. The molecule has 0 N–H and O–H groups in total. The second-order valence-electron chi connectivity index (χ2n) is 3.86. The van der Waals surface area contributed by atoms with Crippen LogP contribution in [0.3, 0.4) is 0 Å². The van der Waals surface area contributed by atoms with E-state index in [1.54, 1.807) is 18.4 Å². The van der Waals surface area contributed by atoms with Crippen molar-refractivity contribution in [2.24, 2.45) is 0 Å². The number of aromatic nitrogens is 1. The van der Waals surface area contributed by atoms with Crippen LogP contribution in [0.5, 0.6) is 5.75 Å². The van der Waals surface area contributed by atoms with Gasteiger partial charge in [0.05, 0.1) is 12.8 Å². The smallest absolute Gasteiger partial charge is 0.138 e. The molecule has 4 heteroatoms. The highest BCUT2D eigenvalue weighted by Gasteiger charge is 2.07. The predicted molar refractivity (Wildman–Crippen MR) is 76.6 cm³/mol. The van der Waals surface area contributed by atoms with E-state index in [4.69, 9.17) is 16.3 Å². The molecule has 0 fully saturated rings. The maximum absolute atomic E-state index is 6.18. The number of hydrogen-bond acceptors (Lipinski definition) is 3. The fraction of sp³-hybridized carbons (Fsp3) is 0.0714. The number of hydrogen-bond donors (Lipinski definition) is 0. The molecule has 2 nitrogen and oxygen atoms in total. The Morgan fingerprint density at radius 2 is 1.94 bits per heavy atom. The first-order valence-corrected chi connectivity index (χ1v) is 6.72. The summed E-state index contributed by atoms with van der Waals surface area (Å²) in [5.74, 6) is 0.835. The molecule has 1 aromatic carbocycles. The van der Waals surface area contributed by atoms with Gasteiger partial charge in [0.25, 0.3) is 0 Å². The third-order valence-corrected chi connectivity index (χ3v) is 3.94. The number of thiophene rings is 1. The topological polar surface area (TPSA) is 22.1 Å². The lowest BCUT2D eigenvalue weighted by Crippen LogP contribution is -1.86. The van der Waals surface area contributed by atoms with Crippen LogP contribution in [0, 0.1) is 0 Å². The van der Waals surface area contributed by atoms with E-state index < -0.39 is 0 Å². The van der Waals surface area contributed by atoms with Gasteiger partial charge in [-0.25, -0.2) is 4.98 Å². The van der Waals surface area contributed by atoms with E-state index in [1.165, 1.54) is 0 Å². The molecule has 90 valence electrons. The Balaban J connectivity index is 2.12. The SMILES string of the molecule is COc1ccc(-c2cc3sccc3c(Cl)n2)cc1. The van der Waals surface area contributed by atoms with Crippen LogP contribution in [-0.4, -0.2) is 12.1 Å². The summed E-state index contributed by atoms with van der Waals surface area (Å²) in [4.78, 5) is 4.43. The molecule has 0 unspecified atom stereocenters. The summed E-state index contributed by atoms with van der Waals surface area (Å²) < 4.78 is 6.30. The zero-order valence-electron chi connectivity index (χ0n) is 9.68. The van der Waals surface area contributed by atoms with Crippen LogP contribution < -0.4 is 4.74 Å². The standard InChI is InChI=1S/C14H10ClNOS/c1-17-10-4-2-9(3-5-10)12-8-13-11(6-7-18-13)14(15)16-12/h2-8H,1H3. The largest absolute Gasteiger partial charge is 0.497 e. The Kier molecular flexibility index (Phi) is 2.94. The van der Waals surface area contributed by atoms with E-state index in [-0.39, 0.29) is 0 Å². The first-order valence-electron chi connectivity index (χ1n) is 5.46. The van der Waals surface area contributed by atoms with Gasteiger partial charge in [0.2, 0.25) is 0 Å². The van der Waals surface area contributed by atoms with E-state index in [9.17, 15) is 0 Å². The van der Waals surface area contributed by atoms with Crippen LogP contribution in [0.2, 0.25) is 5.15 Å². The molecule has 0 aliphatic heterocycles. The molecule has 3 rings (SSSR count). The second-order valence-corrected chi connectivity index (χ2v) is 5.16. The summed E-state index contributed by atoms with van der Waals surface area (Å²) in [5.41, 5.74) is 1.92. The number of halogens is 1. The fourth-order valence-corrected chi connectivity index (χ4v) is 2.97. The van der Waals surface area contributed by atoms with Crippen LogP contribution in [0.25, 0.3) is 21.3 Å². The van der Waals surface area contributed by atoms with Gasteiger partial charge in [-0.1, -0.05) is 11.6 Å². The minimum atomic E-state index is 0.555. The van der Waals surface area contributed by atoms with Crippen molar-refractivity contribution >= 4 is 33.0 Å². The van der Waals surface area contributed by atoms with Gasteiger partial charge in [-0.2, -0.15) is 0 Å². The average molecular weight is 276 g/mol. The third kappa shape index (κ3) is 1.96. The Morgan fingerprint density at radius 3 is 2.67 bits per heavy atom. The predicted octanol–water partition coefficient (Wildman–Crippen LogP) is 4.63. The van der Waals surface area contributed by atoms with Crippen molar-refractivity contribution < 1.29 is 4.74 Å². The summed E-state index contributed by atoms with van der Waals surface area (Å²) in [7, 11) is 1.65. The molecule has 0 saturated carbocycles. The van der Waals surface area contributed by atoms with Gasteiger partial charge >= 0.3 is 0 Å². The summed E-state index contributed by atoms with van der Waals surface area (Å²) in [6.07, 6.45) is 0. The van der Waals surface area contributed by atoms with Gasteiger partial charge in [0.1, 0.15) is 10.9 Å². The van der Waals surface area contributed by atoms with Gasteiger partial charge < -0.3 is 4.74 Å². The second kappa shape index (κ2) is 4.59. The summed E-state index contributed by atoms with van der Waals surface area (Å²) in [6.45, 7) is 0. The van der Waals surface area contributed by atoms with Crippen LogP contribution in [0.15, 0.2) is 41.8 Å². The van der Waals surface area contributed by atoms with E-state index >= 15 is 0 Å². The number of methoxy groups -OCH3 is 1. The van der Waals surface area contributed by atoms with Gasteiger partial charge in [0.15, 0.2) is 0 Å². The maximum Gasteiger partial charge on any atom is 0.138 e. The highest BCUT2D eigenvalue weighted by Crippen LogP contribution is 2.31. The first kappa shape index (κ1) is 11.5. The molecule has 2 heterocycles. The van der Waals surface area contributed by atoms with Crippen LogP contribution >= 0.6 is 22.9 Å². The highest BCUT2D eigenvalue weighted by molar-refractivity contribution is 7.17. The quantitative estimate of drug-likeness (QED) is 0.637. The molecular formula is C14H10ClNOS. The van der Waals surface area contributed by atoms with Crippen molar-refractivity contribution in [3.63, 3.8) is 0 Å². The lowest BCUT2D eigenvalue weighted by Gasteiger charge is -2.04. The number of pyridine rings is 1. The average Bonchev–Trinajstić information content (AvgIpc) is 2.88. The van der Waals surface area contributed by atoms with Crippen LogP contribution in [-0.2, 0) is 0 Å². The van der Waals surface area contributed by atoms with Gasteiger partial charge in [-0.05, 0) is 41.8 Å². The Morgan fingerprint density at radius 1 is 1.17 bits per heavy atom. The van der Waals surface area contributed by atoms with Gasteiger partial charge in [0, 0.05) is 15.6 Å². The molecule has 0 bridgehead atoms. The Hall–Kier alpha value is -1.58. The molecule has 0 radical (unpaired) electrons. The normalized spacial score (nSPS) is 10.8. The van der Waals surface area contributed by atoms with Crippen molar-refractivity contribution in [2.45, 2.75) is 0 Å². The minimum absolute atomic E-state index is 0.555. The zero-order chi connectivity index (χ0) is 12.5. The highest BCUT2D eigenvalue weighted by atomic mass is 35.5. The minimum Gasteiger partial charge on any atom is -0.497 e. The summed E-state index contributed by atoms with van der Waals surface area (Å²) in [6, 6.07) is 11.9. The molecule has 0 amide bonds. The molecule has 3 aromatic rings. The zero-order valence-corrected chi connectivity index (χ0v) is 11.3. The van der Waals surface area contributed by atoms with Crippen molar-refractivity contribution in [2.75, 3.05) is 7.11 Å². The van der Waals surface area contributed by atoms with Crippen molar-refractivity contribution in [3.05, 3.63) is 46.9 Å². The molecule has 0 spiro atoms. The van der Waals surface area contributed by atoms with Crippen molar-refractivity contribution in [1.82, 2.24) is 4.98 Å². The van der Waals surface area contributed by atoms with Gasteiger partial charge in [-0.3, -0.25) is 0 Å². The van der Waals surface area contributed by atoms with Gasteiger partial charge in [-0.15, -0.1) is 11.3 Å². The number of ether oxygens (including phenoxy) is 1. The van der Waals surface area contributed by atoms with Crippen LogP contribution in [0.4, 0.5) is 0 Å². The maximum atomic E-state index is 6.18. The lowest BCUT2D eigenvalue weighted by molar-refractivity contribution is 0.415. The van der Waals surface area contributed by atoms with E-state index in [1.807, 2.05) is 35.7 Å². The molecule has 0 saturated heterocycles. The number of benzene rings is 1. The summed E-state index contributed by atoms with van der Waals surface area (Å²) >= 11 is 7.85. The molecule has 0 aliphatic rings. The van der Waals surface area contributed by atoms with E-state index in [2.05, 4.69) is 11.1 Å². The number of rotatable bonds is 2. The number of nitrogens with zero attached hydrogens (tertiary/aromatic N) is 1. The molecule has 0 aliphatic carbocycles. The third-order valence-electron chi connectivity index (χ3n) is 2.79. The summed E-state index contributed by atoms with van der Waals surface area (Å²) in [5, 5.41) is 3.59. The molecular weight excluding hydrogens is 266 g/mol. The van der Waals surface area contributed by atoms with Crippen molar-refractivity contribution in [1.29, 1.82) is 0 Å². The monoisotopic (exact) mass is 275 g/mol. The van der Waals surface area contributed by atoms with E-state index in [0.29, 0.717) is 5.15 Å². The van der Waals surface area contributed by atoms with Crippen LogP contribution in [0.1, 0.15) is 0 Å². The number of fused-ring (bicyclic) bond motifs is 1. The lowest BCUT2D eigenvalue weighted by atomic mass is 10.1. The molecule has 2 aromatic heterocycles. The fourth-order valence-electron chi connectivity index (χ4n) is 1.84. The molecule has 18 heavy (non-hydrogen) atoms. The Labute approximate surface area is 114 Å².